The van der Waals surface area contributed by atoms with Gasteiger partial charge in [-0.1, -0.05) is 43.2 Å². The maximum atomic E-state index is 13.5. The summed E-state index contributed by atoms with van der Waals surface area (Å²) in [6.07, 6.45) is 6.62. The highest BCUT2D eigenvalue weighted by atomic mass is 35.5. The number of hydrogen-bond donors (Lipinski definition) is 1. The van der Waals surface area contributed by atoms with Crippen molar-refractivity contribution in [1.29, 1.82) is 0 Å². The van der Waals surface area contributed by atoms with Crippen molar-refractivity contribution in [1.82, 2.24) is 10.2 Å². The molecular weight excluding hydrogens is 372 g/mol. The lowest BCUT2D eigenvalue weighted by Gasteiger charge is -2.34. The predicted octanol–water partition coefficient (Wildman–Crippen LogP) is 4.54. The Kier molecular flexibility index (Phi) is 7.19. The van der Waals surface area contributed by atoms with Gasteiger partial charge in [-0.3, -0.25) is 4.79 Å². The number of halogens is 1. The monoisotopic (exact) mass is 402 g/mol. The molecule has 152 valence electrons. The Hall–Kier alpha value is -1.78. The van der Waals surface area contributed by atoms with Gasteiger partial charge >= 0.3 is 0 Å². The molecule has 0 radical (unpaired) electrons. The average molecular weight is 403 g/mol. The van der Waals surface area contributed by atoms with Crippen molar-refractivity contribution < 1.29 is 9.53 Å². The first-order valence-electron chi connectivity index (χ1n) is 10.3. The molecule has 5 heteroatoms. The summed E-state index contributed by atoms with van der Waals surface area (Å²) in [4.78, 5) is 15.7. The van der Waals surface area contributed by atoms with E-state index in [1.165, 1.54) is 23.6 Å². The predicted molar refractivity (Wildman–Crippen MR) is 116 cm³/mol. The van der Waals surface area contributed by atoms with E-state index < -0.39 is 0 Å². The molecular formula is C23H31ClN2O2. The number of amides is 1. The van der Waals surface area contributed by atoms with E-state index in [1.54, 1.807) is 7.11 Å². The van der Waals surface area contributed by atoms with Gasteiger partial charge in [0.1, 0.15) is 5.75 Å². The summed E-state index contributed by atoms with van der Waals surface area (Å²) in [5.74, 6) is 1.39. The summed E-state index contributed by atoms with van der Waals surface area (Å²) in [5, 5.41) is 5.77. The van der Waals surface area contributed by atoms with Crippen LogP contribution in [0.2, 0.25) is 0 Å². The molecule has 1 saturated heterocycles. The molecule has 0 unspecified atom stereocenters. The van der Waals surface area contributed by atoms with E-state index in [0.29, 0.717) is 18.5 Å². The first-order chi connectivity index (χ1) is 13.3. The van der Waals surface area contributed by atoms with Gasteiger partial charge in [0.25, 0.3) is 0 Å². The molecule has 1 N–H and O–H groups in total. The molecule has 1 amide bonds. The van der Waals surface area contributed by atoms with Crippen LogP contribution in [0.25, 0.3) is 10.8 Å². The van der Waals surface area contributed by atoms with Crippen molar-refractivity contribution in [3.8, 4) is 5.75 Å². The Labute approximate surface area is 174 Å². The molecule has 0 aromatic heterocycles. The lowest BCUT2D eigenvalue weighted by Crippen LogP contribution is -2.45. The number of carbonyl (C=O) groups is 1. The number of fused-ring (bicyclic) bond motifs is 1. The van der Waals surface area contributed by atoms with Gasteiger partial charge in [0, 0.05) is 17.5 Å². The molecule has 0 spiro atoms. The summed E-state index contributed by atoms with van der Waals surface area (Å²) >= 11 is 0. The van der Waals surface area contributed by atoms with Crippen LogP contribution >= 0.6 is 12.4 Å². The summed E-state index contributed by atoms with van der Waals surface area (Å²) in [7, 11) is 1.72. The van der Waals surface area contributed by atoms with Crippen LogP contribution in [0.1, 0.15) is 44.1 Å². The number of rotatable bonds is 5. The molecule has 4 rings (SSSR count). The van der Waals surface area contributed by atoms with Crippen LogP contribution in [-0.4, -0.2) is 37.0 Å². The number of nitrogens with one attached hydrogen (secondary N) is 1. The SMILES string of the molecule is COc1ccc2ccccc2c1CN(C(=O)C1CCNCC1)C1CCCC1.Cl. The lowest BCUT2D eigenvalue weighted by atomic mass is 9.94. The van der Waals surface area contributed by atoms with E-state index in [9.17, 15) is 4.79 Å². The van der Waals surface area contributed by atoms with Gasteiger partial charge in [0.2, 0.25) is 5.91 Å². The highest BCUT2D eigenvalue weighted by Crippen LogP contribution is 2.33. The van der Waals surface area contributed by atoms with Gasteiger partial charge in [0.05, 0.1) is 13.7 Å². The molecule has 1 heterocycles. The fourth-order valence-corrected chi connectivity index (χ4v) is 4.75. The third-order valence-corrected chi connectivity index (χ3v) is 6.28. The van der Waals surface area contributed by atoms with Crippen molar-refractivity contribution in [3.63, 3.8) is 0 Å². The summed E-state index contributed by atoms with van der Waals surface area (Å²) < 4.78 is 5.69. The quantitative estimate of drug-likeness (QED) is 0.798. The van der Waals surface area contributed by atoms with Gasteiger partial charge in [0.15, 0.2) is 0 Å². The van der Waals surface area contributed by atoms with Crippen LogP contribution in [0.15, 0.2) is 36.4 Å². The van der Waals surface area contributed by atoms with Crippen molar-refractivity contribution >= 4 is 29.1 Å². The number of carbonyl (C=O) groups excluding carboxylic acids is 1. The van der Waals surface area contributed by atoms with Gasteiger partial charge in [-0.25, -0.2) is 0 Å². The van der Waals surface area contributed by atoms with Gasteiger partial charge in [-0.05, 0) is 55.6 Å². The second-order valence-corrected chi connectivity index (χ2v) is 7.90. The minimum absolute atomic E-state index is 0. The van der Waals surface area contributed by atoms with Gasteiger partial charge in [-0.15, -0.1) is 12.4 Å². The fourth-order valence-electron chi connectivity index (χ4n) is 4.75. The summed E-state index contributed by atoms with van der Waals surface area (Å²) in [5.41, 5.74) is 1.14. The Bertz CT molecular complexity index is 798. The first-order valence-corrected chi connectivity index (χ1v) is 10.3. The molecule has 28 heavy (non-hydrogen) atoms. The van der Waals surface area contributed by atoms with Gasteiger partial charge < -0.3 is 15.0 Å². The third-order valence-electron chi connectivity index (χ3n) is 6.28. The fraction of sp³-hybridized carbons (Fsp3) is 0.522. The number of hydrogen-bond acceptors (Lipinski definition) is 3. The standard InChI is InChI=1S/C23H30N2O2.ClH/c1-27-22-11-10-17-6-2-5-9-20(17)21(22)16-25(19-7-3-4-8-19)23(26)18-12-14-24-15-13-18;/h2,5-6,9-11,18-19,24H,3-4,7-8,12-16H2,1H3;1H. The molecule has 4 nitrogen and oxygen atoms in total. The van der Waals surface area contributed by atoms with E-state index in [4.69, 9.17) is 4.74 Å². The van der Waals surface area contributed by atoms with Crippen molar-refractivity contribution in [2.45, 2.75) is 51.1 Å². The van der Waals surface area contributed by atoms with Crippen molar-refractivity contribution in [2.75, 3.05) is 20.2 Å². The van der Waals surface area contributed by atoms with Crippen molar-refractivity contribution in [3.05, 3.63) is 42.0 Å². The normalized spacial score (nSPS) is 18.0. The molecule has 2 aromatic carbocycles. The zero-order valence-electron chi connectivity index (χ0n) is 16.7. The van der Waals surface area contributed by atoms with Crippen molar-refractivity contribution in [2.24, 2.45) is 5.92 Å². The molecule has 2 fully saturated rings. The zero-order chi connectivity index (χ0) is 18.6. The van der Waals surface area contributed by atoms with Crippen LogP contribution in [0, 0.1) is 5.92 Å². The molecule has 2 aromatic rings. The Morgan fingerprint density at radius 2 is 1.79 bits per heavy atom. The van der Waals surface area contributed by atoms with E-state index in [-0.39, 0.29) is 18.3 Å². The van der Waals surface area contributed by atoms with E-state index in [1.807, 2.05) is 6.07 Å². The number of benzene rings is 2. The molecule has 1 aliphatic carbocycles. The summed E-state index contributed by atoms with van der Waals surface area (Å²) in [6, 6.07) is 12.9. The maximum Gasteiger partial charge on any atom is 0.226 e. The number of ether oxygens (including phenoxy) is 1. The van der Waals surface area contributed by atoms with E-state index >= 15 is 0 Å². The first kappa shape index (κ1) is 20.9. The average Bonchev–Trinajstić information content (AvgIpc) is 3.26. The highest BCUT2D eigenvalue weighted by molar-refractivity contribution is 5.88. The lowest BCUT2D eigenvalue weighted by molar-refractivity contribution is -0.139. The second-order valence-electron chi connectivity index (χ2n) is 7.90. The Morgan fingerprint density at radius 1 is 1.07 bits per heavy atom. The van der Waals surface area contributed by atoms with Crippen LogP contribution in [0.4, 0.5) is 0 Å². The number of methoxy groups -OCH3 is 1. The van der Waals surface area contributed by atoms with Crippen LogP contribution < -0.4 is 10.1 Å². The molecule has 0 atom stereocenters. The topological polar surface area (TPSA) is 41.6 Å². The number of nitrogens with zero attached hydrogens (tertiary/aromatic N) is 1. The third kappa shape index (κ3) is 4.28. The minimum Gasteiger partial charge on any atom is -0.496 e. The molecule has 1 aliphatic heterocycles. The largest absolute Gasteiger partial charge is 0.496 e. The molecule has 0 bridgehead atoms. The van der Waals surface area contributed by atoms with E-state index in [0.717, 1.165) is 50.1 Å². The highest BCUT2D eigenvalue weighted by Gasteiger charge is 2.32. The minimum atomic E-state index is 0. The van der Waals surface area contributed by atoms with Crippen LogP contribution in [0.5, 0.6) is 5.75 Å². The van der Waals surface area contributed by atoms with Crippen LogP contribution in [0.3, 0.4) is 0 Å². The second kappa shape index (κ2) is 9.62. The van der Waals surface area contributed by atoms with E-state index in [2.05, 4.69) is 40.5 Å². The van der Waals surface area contributed by atoms with Gasteiger partial charge in [-0.2, -0.15) is 0 Å². The molecule has 2 aliphatic rings. The Morgan fingerprint density at radius 3 is 2.50 bits per heavy atom. The maximum absolute atomic E-state index is 13.5. The summed E-state index contributed by atoms with van der Waals surface area (Å²) in [6.45, 7) is 2.55. The number of piperidine rings is 1. The Balaban J connectivity index is 0.00000225. The smallest absolute Gasteiger partial charge is 0.226 e. The zero-order valence-corrected chi connectivity index (χ0v) is 17.5. The molecule has 1 saturated carbocycles. The van der Waals surface area contributed by atoms with Crippen LogP contribution in [-0.2, 0) is 11.3 Å².